The van der Waals surface area contributed by atoms with Gasteiger partial charge in [-0.25, -0.2) is 17.6 Å². The maximum atomic E-state index is 13.0. The van der Waals surface area contributed by atoms with Gasteiger partial charge in [-0.15, -0.1) is 0 Å². The van der Waals surface area contributed by atoms with E-state index in [0.717, 1.165) is 19.8 Å². The molecule has 0 aliphatic heterocycles. The zero-order valence-corrected chi connectivity index (χ0v) is 9.91. The molecule has 5 heteroatoms. The minimum Gasteiger partial charge on any atom is -0.396 e. The van der Waals surface area contributed by atoms with Crippen molar-refractivity contribution in [2.24, 2.45) is 0 Å². The lowest BCUT2D eigenvalue weighted by Crippen LogP contribution is -1.87. The van der Waals surface area contributed by atoms with E-state index in [0.29, 0.717) is 19.3 Å². The van der Waals surface area contributed by atoms with Crippen molar-refractivity contribution in [3.05, 3.63) is 23.3 Å². The van der Waals surface area contributed by atoms with E-state index in [2.05, 4.69) is 0 Å². The molecule has 0 saturated carbocycles. The van der Waals surface area contributed by atoms with Crippen LogP contribution in [0.1, 0.15) is 45.4 Å². The summed E-state index contributed by atoms with van der Waals surface area (Å²) in [7, 11) is 0. The molecule has 100 valence electrons. The second-order valence-corrected chi connectivity index (χ2v) is 3.81. The van der Waals surface area contributed by atoms with Crippen LogP contribution in [0.4, 0.5) is 17.6 Å². The maximum absolute atomic E-state index is 13.0. The molecule has 0 aliphatic carbocycles. The molecule has 1 N–H and O–H groups in total. The van der Waals surface area contributed by atoms with Crippen molar-refractivity contribution in [3.8, 4) is 0 Å². The van der Waals surface area contributed by atoms with Crippen molar-refractivity contribution in [1.82, 2.24) is 0 Å². The van der Waals surface area contributed by atoms with E-state index in [1.807, 2.05) is 0 Å². The summed E-state index contributed by atoms with van der Waals surface area (Å²) in [6.45, 7) is 0.853. The number of aliphatic hydroxyl groups is 1. The molecule has 17 heavy (non-hydrogen) atoms. The van der Waals surface area contributed by atoms with E-state index in [4.69, 9.17) is 5.11 Å². The number of allylic oxidation sites excluding steroid dienone is 4. The molecule has 0 amide bonds. The van der Waals surface area contributed by atoms with Gasteiger partial charge in [-0.2, -0.15) is 0 Å². The monoisotopic (exact) mass is 254 g/mol. The summed E-state index contributed by atoms with van der Waals surface area (Å²) < 4.78 is 50.8. The van der Waals surface area contributed by atoms with E-state index >= 15 is 0 Å². The van der Waals surface area contributed by atoms with Crippen LogP contribution in [0.2, 0.25) is 0 Å². The largest absolute Gasteiger partial charge is 0.396 e. The molecule has 0 unspecified atom stereocenters. The normalized spacial score (nSPS) is 14.5. The van der Waals surface area contributed by atoms with Gasteiger partial charge in [-0.05, 0) is 19.8 Å². The van der Waals surface area contributed by atoms with Crippen molar-refractivity contribution >= 4 is 0 Å². The molecule has 0 spiro atoms. The Labute approximate surface area is 98.8 Å². The van der Waals surface area contributed by atoms with Gasteiger partial charge in [0.05, 0.1) is 0 Å². The average Bonchev–Trinajstić information content (AvgIpc) is 2.31. The summed E-state index contributed by atoms with van der Waals surface area (Å²) in [5.74, 6) is -6.11. The van der Waals surface area contributed by atoms with Crippen LogP contribution < -0.4 is 0 Å². The minimum atomic E-state index is -1.76. The van der Waals surface area contributed by atoms with Gasteiger partial charge < -0.3 is 5.11 Å². The van der Waals surface area contributed by atoms with Crippen LogP contribution >= 0.6 is 0 Å². The Balaban J connectivity index is 3.96. The van der Waals surface area contributed by atoms with Crippen molar-refractivity contribution in [3.63, 3.8) is 0 Å². The summed E-state index contributed by atoms with van der Waals surface area (Å²) in [6, 6.07) is 0. The molecule has 0 saturated heterocycles. The van der Waals surface area contributed by atoms with E-state index in [9.17, 15) is 17.6 Å². The quantitative estimate of drug-likeness (QED) is 0.380. The van der Waals surface area contributed by atoms with Crippen molar-refractivity contribution in [2.75, 3.05) is 6.61 Å². The molecule has 0 fully saturated rings. The SMILES string of the molecule is CC(F)=C(F)C(F)=C(F)CCCCCCCO. The summed E-state index contributed by atoms with van der Waals surface area (Å²) in [5.41, 5.74) is 0. The standard InChI is InChI=1S/C12H18F4O/c1-9(13)11(15)12(16)10(14)7-5-3-2-4-6-8-17/h17H,2-8H2,1H3. The summed E-state index contributed by atoms with van der Waals surface area (Å²) in [5, 5.41) is 8.50. The van der Waals surface area contributed by atoms with Crippen molar-refractivity contribution in [1.29, 1.82) is 0 Å². The predicted molar refractivity (Wildman–Crippen MR) is 58.9 cm³/mol. The predicted octanol–water partition coefficient (Wildman–Crippen LogP) is 4.64. The third-order valence-electron chi connectivity index (χ3n) is 2.29. The van der Waals surface area contributed by atoms with Crippen molar-refractivity contribution < 1.29 is 22.7 Å². The number of hydrogen-bond acceptors (Lipinski definition) is 1. The fourth-order valence-electron chi connectivity index (χ4n) is 1.30. The highest BCUT2D eigenvalue weighted by Gasteiger charge is 2.14. The summed E-state index contributed by atoms with van der Waals surface area (Å²) >= 11 is 0. The van der Waals surface area contributed by atoms with Gasteiger partial charge in [0.15, 0.2) is 11.7 Å². The minimum absolute atomic E-state index is 0.120. The molecule has 0 aromatic carbocycles. The second kappa shape index (κ2) is 9.22. The fourth-order valence-corrected chi connectivity index (χ4v) is 1.30. The Morgan fingerprint density at radius 3 is 1.88 bits per heavy atom. The second-order valence-electron chi connectivity index (χ2n) is 3.81. The zero-order chi connectivity index (χ0) is 13.3. The van der Waals surface area contributed by atoms with Crippen LogP contribution in [0.25, 0.3) is 0 Å². The lowest BCUT2D eigenvalue weighted by Gasteiger charge is -2.01. The highest BCUT2D eigenvalue weighted by atomic mass is 19.2. The molecule has 0 aliphatic rings. The van der Waals surface area contributed by atoms with Gasteiger partial charge in [0.1, 0.15) is 11.7 Å². The molecule has 0 heterocycles. The molecule has 0 atom stereocenters. The molecular formula is C12H18F4O. The van der Waals surface area contributed by atoms with Gasteiger partial charge in [0, 0.05) is 13.0 Å². The average molecular weight is 254 g/mol. The lowest BCUT2D eigenvalue weighted by molar-refractivity contribution is 0.282. The third-order valence-corrected chi connectivity index (χ3v) is 2.29. The van der Waals surface area contributed by atoms with E-state index < -0.39 is 23.3 Å². The zero-order valence-electron chi connectivity index (χ0n) is 9.91. The Bertz CT molecular complexity index is 280. The van der Waals surface area contributed by atoms with E-state index in [-0.39, 0.29) is 13.0 Å². The molecule has 0 rings (SSSR count). The number of aliphatic hydroxyl groups excluding tert-OH is 1. The van der Waals surface area contributed by atoms with Crippen LogP contribution in [0.3, 0.4) is 0 Å². The van der Waals surface area contributed by atoms with Crippen LogP contribution in [-0.4, -0.2) is 11.7 Å². The van der Waals surface area contributed by atoms with Gasteiger partial charge in [-0.3, -0.25) is 0 Å². The number of unbranched alkanes of at least 4 members (excludes halogenated alkanes) is 4. The number of rotatable bonds is 8. The first-order valence-corrected chi connectivity index (χ1v) is 5.68. The van der Waals surface area contributed by atoms with Crippen LogP contribution in [0.5, 0.6) is 0 Å². The third kappa shape index (κ3) is 7.15. The summed E-state index contributed by atoms with van der Waals surface area (Å²) in [6.07, 6.45) is 3.12. The Morgan fingerprint density at radius 1 is 0.824 bits per heavy atom. The first kappa shape index (κ1) is 16.2. The van der Waals surface area contributed by atoms with Gasteiger partial charge in [0.25, 0.3) is 0 Å². The van der Waals surface area contributed by atoms with Crippen LogP contribution in [0, 0.1) is 0 Å². The van der Waals surface area contributed by atoms with Gasteiger partial charge in [0.2, 0.25) is 0 Å². The smallest absolute Gasteiger partial charge is 0.192 e. The van der Waals surface area contributed by atoms with E-state index in [1.54, 1.807) is 0 Å². The molecule has 0 aromatic rings. The highest BCUT2D eigenvalue weighted by molar-refractivity contribution is 5.23. The number of halogens is 4. The first-order valence-electron chi connectivity index (χ1n) is 5.68. The lowest BCUT2D eigenvalue weighted by atomic mass is 10.1. The molecule has 1 nitrogen and oxygen atoms in total. The molecule has 0 aromatic heterocycles. The summed E-state index contributed by atoms with van der Waals surface area (Å²) in [4.78, 5) is 0. The highest BCUT2D eigenvalue weighted by Crippen LogP contribution is 2.25. The van der Waals surface area contributed by atoms with Gasteiger partial charge in [-0.1, -0.05) is 19.3 Å². The van der Waals surface area contributed by atoms with Gasteiger partial charge >= 0.3 is 0 Å². The number of hydrogen-bond donors (Lipinski definition) is 1. The maximum Gasteiger partial charge on any atom is 0.192 e. The fraction of sp³-hybridized carbons (Fsp3) is 0.667. The molecular weight excluding hydrogens is 236 g/mol. The Kier molecular flexibility index (Phi) is 8.76. The molecule has 0 bridgehead atoms. The van der Waals surface area contributed by atoms with Crippen LogP contribution in [-0.2, 0) is 0 Å². The first-order chi connectivity index (χ1) is 8.00. The molecule has 0 radical (unpaired) electrons. The van der Waals surface area contributed by atoms with Crippen LogP contribution in [0.15, 0.2) is 23.3 Å². The van der Waals surface area contributed by atoms with E-state index in [1.165, 1.54) is 0 Å². The topological polar surface area (TPSA) is 20.2 Å². The van der Waals surface area contributed by atoms with Crippen molar-refractivity contribution in [2.45, 2.75) is 45.4 Å². The Hall–Kier alpha value is -0.840. The Morgan fingerprint density at radius 2 is 1.35 bits per heavy atom.